The lowest BCUT2D eigenvalue weighted by Crippen LogP contribution is -2.47. The van der Waals surface area contributed by atoms with Crippen LogP contribution < -0.4 is 5.73 Å². The first-order valence-electron chi connectivity index (χ1n) is 8.68. The molecule has 120 valence electrons. The minimum atomic E-state index is -0.0642. The van der Waals surface area contributed by atoms with Crippen LogP contribution in [0.25, 0.3) is 0 Å². The van der Waals surface area contributed by atoms with Gasteiger partial charge in [-0.2, -0.15) is 0 Å². The summed E-state index contributed by atoms with van der Waals surface area (Å²) >= 11 is 0. The molecular weight excluding hydrogens is 266 g/mol. The van der Waals surface area contributed by atoms with Crippen LogP contribution in [0.15, 0.2) is 0 Å². The average Bonchev–Trinajstić information content (AvgIpc) is 2.55. The van der Waals surface area contributed by atoms with Crippen molar-refractivity contribution in [1.29, 1.82) is 0 Å². The second-order valence-electron chi connectivity index (χ2n) is 7.19. The molecule has 2 heterocycles. The van der Waals surface area contributed by atoms with Crippen molar-refractivity contribution in [3.63, 3.8) is 0 Å². The second kappa shape index (κ2) is 6.76. The van der Waals surface area contributed by atoms with Gasteiger partial charge in [0.25, 0.3) is 0 Å². The first kappa shape index (κ1) is 15.4. The maximum atomic E-state index is 12.9. The van der Waals surface area contributed by atoms with Gasteiger partial charge in [0.15, 0.2) is 0 Å². The zero-order chi connectivity index (χ0) is 14.7. The highest BCUT2D eigenvalue weighted by atomic mass is 16.5. The molecule has 1 saturated carbocycles. The van der Waals surface area contributed by atoms with Crippen molar-refractivity contribution in [2.24, 2.45) is 23.5 Å². The van der Waals surface area contributed by atoms with E-state index >= 15 is 0 Å². The number of ether oxygens (including phenoxy) is 2. The van der Waals surface area contributed by atoms with Crippen LogP contribution in [-0.4, -0.2) is 37.7 Å². The van der Waals surface area contributed by atoms with E-state index in [0.29, 0.717) is 11.7 Å². The van der Waals surface area contributed by atoms with E-state index in [0.717, 1.165) is 77.7 Å². The van der Waals surface area contributed by atoms with Crippen molar-refractivity contribution in [3.8, 4) is 0 Å². The molecular formula is C17H29NO3. The fraction of sp³-hybridized carbons (Fsp3) is 0.941. The number of carbonyl (C=O) groups excluding carboxylic acids is 1. The zero-order valence-electron chi connectivity index (χ0n) is 13.0. The molecule has 0 bridgehead atoms. The van der Waals surface area contributed by atoms with Crippen molar-refractivity contribution >= 4 is 5.78 Å². The van der Waals surface area contributed by atoms with Crippen LogP contribution in [0.5, 0.6) is 0 Å². The maximum Gasteiger partial charge on any atom is 0.139 e. The maximum absolute atomic E-state index is 12.9. The van der Waals surface area contributed by atoms with Gasteiger partial charge in [0.2, 0.25) is 0 Å². The summed E-state index contributed by atoms with van der Waals surface area (Å²) in [6, 6.07) is 0. The molecule has 0 amide bonds. The SMILES string of the molecule is NCC1CCC(C(=O)C2CCOC3(CCOCC3)C2)CC1. The summed E-state index contributed by atoms with van der Waals surface area (Å²) in [5.41, 5.74) is 5.68. The first-order valence-corrected chi connectivity index (χ1v) is 8.68. The monoisotopic (exact) mass is 295 g/mol. The van der Waals surface area contributed by atoms with Gasteiger partial charge < -0.3 is 15.2 Å². The molecule has 4 heteroatoms. The van der Waals surface area contributed by atoms with Gasteiger partial charge in [-0.15, -0.1) is 0 Å². The van der Waals surface area contributed by atoms with E-state index in [1.807, 2.05) is 0 Å². The van der Waals surface area contributed by atoms with E-state index in [1.165, 1.54) is 0 Å². The molecule has 1 aliphatic carbocycles. The molecule has 0 aromatic carbocycles. The Morgan fingerprint density at radius 2 is 1.71 bits per heavy atom. The standard InChI is InChI=1S/C17H29NO3/c18-12-13-1-3-14(4-2-13)16(19)15-5-8-21-17(11-15)6-9-20-10-7-17/h13-15H,1-12,18H2. The Morgan fingerprint density at radius 3 is 2.38 bits per heavy atom. The molecule has 0 radical (unpaired) electrons. The van der Waals surface area contributed by atoms with Gasteiger partial charge in [-0.3, -0.25) is 4.79 Å². The summed E-state index contributed by atoms with van der Waals surface area (Å²) in [5, 5.41) is 0. The number of ketones is 1. The molecule has 1 spiro atoms. The van der Waals surface area contributed by atoms with E-state index in [4.69, 9.17) is 15.2 Å². The molecule has 0 aromatic heterocycles. The summed E-state index contributed by atoms with van der Waals surface area (Å²) in [5.74, 6) is 1.66. The van der Waals surface area contributed by atoms with Crippen LogP contribution >= 0.6 is 0 Å². The normalized spacial score (nSPS) is 36.5. The molecule has 4 nitrogen and oxygen atoms in total. The van der Waals surface area contributed by atoms with Crippen molar-refractivity contribution in [2.75, 3.05) is 26.4 Å². The summed E-state index contributed by atoms with van der Waals surface area (Å²) in [6.07, 6.45) is 8.12. The Bertz CT molecular complexity index is 352. The minimum absolute atomic E-state index is 0.0642. The highest BCUT2D eigenvalue weighted by molar-refractivity contribution is 5.83. The molecule has 0 aromatic rings. The lowest BCUT2D eigenvalue weighted by atomic mass is 9.72. The Hall–Kier alpha value is -0.450. The quantitative estimate of drug-likeness (QED) is 0.868. The number of rotatable bonds is 3. The van der Waals surface area contributed by atoms with E-state index in [9.17, 15) is 4.79 Å². The van der Waals surface area contributed by atoms with E-state index < -0.39 is 0 Å². The highest BCUT2D eigenvalue weighted by Crippen LogP contribution is 2.40. The van der Waals surface area contributed by atoms with Gasteiger partial charge in [0.1, 0.15) is 5.78 Å². The van der Waals surface area contributed by atoms with Crippen LogP contribution in [0.3, 0.4) is 0 Å². The number of hydrogen-bond donors (Lipinski definition) is 1. The molecule has 2 saturated heterocycles. The van der Waals surface area contributed by atoms with Gasteiger partial charge in [-0.1, -0.05) is 0 Å². The third kappa shape index (κ3) is 3.49. The third-order valence-electron chi connectivity index (χ3n) is 5.88. The molecule has 1 unspecified atom stereocenters. The Morgan fingerprint density at radius 1 is 1.00 bits per heavy atom. The van der Waals surface area contributed by atoms with Crippen LogP contribution in [0, 0.1) is 17.8 Å². The average molecular weight is 295 g/mol. The van der Waals surface area contributed by atoms with Gasteiger partial charge in [0, 0.05) is 31.7 Å². The van der Waals surface area contributed by atoms with Gasteiger partial charge in [-0.05, 0) is 63.8 Å². The fourth-order valence-electron chi connectivity index (χ4n) is 4.38. The van der Waals surface area contributed by atoms with Crippen molar-refractivity contribution < 1.29 is 14.3 Å². The largest absolute Gasteiger partial charge is 0.381 e. The van der Waals surface area contributed by atoms with Crippen molar-refractivity contribution in [1.82, 2.24) is 0 Å². The molecule has 1 atom stereocenters. The van der Waals surface area contributed by atoms with E-state index in [-0.39, 0.29) is 17.4 Å². The molecule has 3 aliphatic rings. The molecule has 2 aliphatic heterocycles. The van der Waals surface area contributed by atoms with Crippen LogP contribution in [-0.2, 0) is 14.3 Å². The van der Waals surface area contributed by atoms with Crippen molar-refractivity contribution in [3.05, 3.63) is 0 Å². The van der Waals surface area contributed by atoms with Crippen molar-refractivity contribution in [2.45, 2.75) is 57.0 Å². The van der Waals surface area contributed by atoms with Crippen LogP contribution in [0.1, 0.15) is 51.4 Å². The van der Waals surface area contributed by atoms with E-state index in [1.54, 1.807) is 0 Å². The predicted molar refractivity (Wildman–Crippen MR) is 81.0 cm³/mol. The Kier molecular flexibility index (Phi) is 4.97. The molecule has 3 rings (SSSR count). The second-order valence-corrected chi connectivity index (χ2v) is 7.19. The first-order chi connectivity index (χ1) is 10.2. The highest BCUT2D eigenvalue weighted by Gasteiger charge is 2.42. The molecule has 2 N–H and O–H groups in total. The summed E-state index contributed by atoms with van der Waals surface area (Å²) in [6.45, 7) is 3.08. The van der Waals surface area contributed by atoms with Gasteiger partial charge in [-0.25, -0.2) is 0 Å². The lowest BCUT2D eigenvalue weighted by Gasteiger charge is -2.43. The van der Waals surface area contributed by atoms with Gasteiger partial charge in [0.05, 0.1) is 5.60 Å². The van der Waals surface area contributed by atoms with Crippen LogP contribution in [0.2, 0.25) is 0 Å². The van der Waals surface area contributed by atoms with E-state index in [2.05, 4.69) is 0 Å². The predicted octanol–water partition coefficient (Wildman–Crippen LogP) is 2.30. The smallest absolute Gasteiger partial charge is 0.139 e. The minimum Gasteiger partial charge on any atom is -0.381 e. The van der Waals surface area contributed by atoms with Crippen LogP contribution in [0.4, 0.5) is 0 Å². The zero-order valence-corrected chi connectivity index (χ0v) is 13.0. The lowest BCUT2D eigenvalue weighted by molar-refractivity contribution is -0.159. The Labute approximate surface area is 127 Å². The summed E-state index contributed by atoms with van der Waals surface area (Å²) in [7, 11) is 0. The number of nitrogens with two attached hydrogens (primary N) is 1. The number of carbonyl (C=O) groups is 1. The van der Waals surface area contributed by atoms with Gasteiger partial charge >= 0.3 is 0 Å². The number of Topliss-reactive ketones (excluding diaryl/α,β-unsaturated/α-hetero) is 1. The Balaban J connectivity index is 1.57. The fourth-order valence-corrected chi connectivity index (χ4v) is 4.38. The molecule has 21 heavy (non-hydrogen) atoms. The topological polar surface area (TPSA) is 61.6 Å². The molecule has 3 fully saturated rings. The summed E-state index contributed by atoms with van der Waals surface area (Å²) < 4.78 is 11.5. The number of hydrogen-bond acceptors (Lipinski definition) is 4. The third-order valence-corrected chi connectivity index (χ3v) is 5.88. The summed E-state index contributed by atoms with van der Waals surface area (Å²) in [4.78, 5) is 12.9.